The van der Waals surface area contributed by atoms with Gasteiger partial charge < -0.3 is 0 Å². The van der Waals surface area contributed by atoms with Crippen LogP contribution in [0.25, 0.3) is 15.6 Å². The number of fused-ring (bicyclic) bond motifs is 1. The molecule has 2 heterocycles. The molecular formula is C9HCl3FN3. The standard InChI is InChI=1S/C9HCl3FN3/c1-14-6-4-3(7(10)16-9(6)12)2-15-8(11)5(4)13/h2H. The van der Waals surface area contributed by atoms with Crippen LogP contribution >= 0.6 is 34.8 Å². The van der Waals surface area contributed by atoms with Crippen molar-refractivity contribution in [3.8, 4) is 0 Å². The first-order chi connectivity index (χ1) is 7.56. The molecule has 16 heavy (non-hydrogen) atoms. The van der Waals surface area contributed by atoms with Gasteiger partial charge in [0.05, 0.1) is 6.57 Å². The van der Waals surface area contributed by atoms with E-state index in [9.17, 15) is 4.39 Å². The highest BCUT2D eigenvalue weighted by molar-refractivity contribution is 6.39. The van der Waals surface area contributed by atoms with Gasteiger partial charge in [0, 0.05) is 17.0 Å². The first-order valence-electron chi connectivity index (χ1n) is 3.92. The van der Waals surface area contributed by atoms with Gasteiger partial charge in [-0.2, -0.15) is 0 Å². The van der Waals surface area contributed by atoms with Gasteiger partial charge in [-0.3, -0.25) is 0 Å². The number of hydrogen-bond donors (Lipinski definition) is 0. The van der Waals surface area contributed by atoms with Crippen LogP contribution in [-0.4, -0.2) is 9.97 Å². The Bertz CT molecular complexity index is 636. The van der Waals surface area contributed by atoms with Gasteiger partial charge in [-0.15, -0.1) is 0 Å². The summed E-state index contributed by atoms with van der Waals surface area (Å²) in [5.74, 6) is -0.823. The molecular weight excluding hydrogens is 275 g/mol. The topological polar surface area (TPSA) is 30.1 Å². The van der Waals surface area contributed by atoms with Crippen molar-refractivity contribution >= 4 is 51.3 Å². The summed E-state index contributed by atoms with van der Waals surface area (Å²) in [6.45, 7) is 6.93. The van der Waals surface area contributed by atoms with E-state index in [1.165, 1.54) is 6.20 Å². The van der Waals surface area contributed by atoms with E-state index in [1.807, 2.05) is 0 Å². The van der Waals surface area contributed by atoms with E-state index in [4.69, 9.17) is 41.4 Å². The summed E-state index contributed by atoms with van der Waals surface area (Å²) in [5.41, 5.74) is -0.122. The van der Waals surface area contributed by atoms with Crippen LogP contribution in [0.15, 0.2) is 6.20 Å². The monoisotopic (exact) mass is 275 g/mol. The minimum absolute atomic E-state index is 0.0181. The minimum atomic E-state index is -0.823. The van der Waals surface area contributed by atoms with Crippen LogP contribution in [0.3, 0.4) is 0 Å². The highest BCUT2D eigenvalue weighted by atomic mass is 35.5. The number of rotatable bonds is 0. The third-order valence-electron chi connectivity index (χ3n) is 1.94. The Balaban J connectivity index is 3.09. The van der Waals surface area contributed by atoms with Gasteiger partial charge >= 0.3 is 0 Å². The van der Waals surface area contributed by atoms with Crippen molar-refractivity contribution in [2.24, 2.45) is 0 Å². The number of halogens is 4. The van der Waals surface area contributed by atoms with Gasteiger partial charge in [0.2, 0.25) is 5.69 Å². The maximum atomic E-state index is 13.7. The molecule has 0 atom stereocenters. The minimum Gasteiger partial charge on any atom is -0.241 e. The summed E-state index contributed by atoms with van der Waals surface area (Å²) in [7, 11) is 0. The average Bonchev–Trinajstić information content (AvgIpc) is 2.24. The van der Waals surface area contributed by atoms with Crippen molar-refractivity contribution in [3.05, 3.63) is 38.9 Å². The molecule has 0 unspecified atom stereocenters. The molecule has 0 aliphatic carbocycles. The summed E-state index contributed by atoms with van der Waals surface area (Å²) >= 11 is 17.0. The van der Waals surface area contributed by atoms with E-state index < -0.39 is 5.82 Å². The maximum Gasteiger partial charge on any atom is 0.234 e. The summed E-state index contributed by atoms with van der Waals surface area (Å²) in [6.07, 6.45) is 1.25. The van der Waals surface area contributed by atoms with E-state index in [1.54, 1.807) is 0 Å². The van der Waals surface area contributed by atoms with E-state index in [-0.39, 0.29) is 31.9 Å². The van der Waals surface area contributed by atoms with Gasteiger partial charge in [-0.1, -0.05) is 34.8 Å². The lowest BCUT2D eigenvalue weighted by Gasteiger charge is -2.05. The molecule has 0 spiro atoms. The Hall–Kier alpha value is -1.15. The normalized spacial score (nSPS) is 10.4. The van der Waals surface area contributed by atoms with Crippen molar-refractivity contribution in [2.75, 3.05) is 0 Å². The van der Waals surface area contributed by atoms with Gasteiger partial charge in [-0.25, -0.2) is 19.2 Å². The smallest absolute Gasteiger partial charge is 0.234 e. The van der Waals surface area contributed by atoms with E-state index in [0.29, 0.717) is 0 Å². The molecule has 7 heteroatoms. The zero-order valence-electron chi connectivity index (χ0n) is 7.43. The Morgan fingerprint density at radius 3 is 2.50 bits per heavy atom. The van der Waals surface area contributed by atoms with Crippen LogP contribution in [-0.2, 0) is 0 Å². The van der Waals surface area contributed by atoms with E-state index in [0.717, 1.165) is 0 Å². The molecule has 2 aromatic rings. The molecule has 0 amide bonds. The fourth-order valence-corrected chi connectivity index (χ4v) is 1.89. The van der Waals surface area contributed by atoms with Crippen molar-refractivity contribution in [1.29, 1.82) is 0 Å². The number of aromatic nitrogens is 2. The van der Waals surface area contributed by atoms with Gasteiger partial charge in [-0.05, 0) is 0 Å². The molecule has 0 aliphatic heterocycles. The molecule has 0 aromatic carbocycles. The third kappa shape index (κ3) is 1.57. The van der Waals surface area contributed by atoms with E-state index in [2.05, 4.69) is 14.8 Å². The molecule has 3 nitrogen and oxygen atoms in total. The Kier molecular flexibility index (Phi) is 2.85. The molecule has 0 saturated heterocycles. The predicted octanol–water partition coefficient (Wildman–Crippen LogP) is 4.28. The molecule has 0 N–H and O–H groups in total. The fourth-order valence-electron chi connectivity index (χ4n) is 1.26. The highest BCUT2D eigenvalue weighted by Crippen LogP contribution is 2.38. The lowest BCUT2D eigenvalue weighted by Crippen LogP contribution is -1.90. The van der Waals surface area contributed by atoms with Crippen molar-refractivity contribution in [2.45, 2.75) is 0 Å². The largest absolute Gasteiger partial charge is 0.241 e. The van der Waals surface area contributed by atoms with Crippen LogP contribution in [0.1, 0.15) is 0 Å². The molecule has 80 valence electrons. The van der Waals surface area contributed by atoms with Crippen LogP contribution in [0.2, 0.25) is 15.5 Å². The summed E-state index contributed by atoms with van der Waals surface area (Å²) < 4.78 is 13.7. The lowest BCUT2D eigenvalue weighted by atomic mass is 10.2. The predicted molar refractivity (Wildman–Crippen MR) is 60.8 cm³/mol. The second-order valence-electron chi connectivity index (χ2n) is 2.81. The Morgan fingerprint density at radius 2 is 1.88 bits per heavy atom. The van der Waals surface area contributed by atoms with Crippen LogP contribution < -0.4 is 0 Å². The summed E-state index contributed by atoms with van der Waals surface area (Å²) in [6, 6.07) is 0. The third-order valence-corrected chi connectivity index (χ3v) is 2.75. The van der Waals surface area contributed by atoms with Gasteiger partial charge in [0.15, 0.2) is 11.0 Å². The number of hydrogen-bond acceptors (Lipinski definition) is 2. The zero-order valence-corrected chi connectivity index (χ0v) is 9.70. The second-order valence-corrected chi connectivity index (χ2v) is 3.88. The fraction of sp³-hybridized carbons (Fsp3) is 0. The quantitative estimate of drug-likeness (QED) is 0.531. The molecule has 0 bridgehead atoms. The van der Waals surface area contributed by atoms with E-state index >= 15 is 0 Å². The van der Waals surface area contributed by atoms with Crippen molar-refractivity contribution < 1.29 is 4.39 Å². The highest BCUT2D eigenvalue weighted by Gasteiger charge is 2.18. The molecule has 0 saturated carbocycles. The molecule has 0 radical (unpaired) electrons. The zero-order chi connectivity index (χ0) is 11.9. The van der Waals surface area contributed by atoms with Gasteiger partial charge in [0.1, 0.15) is 10.3 Å². The van der Waals surface area contributed by atoms with Crippen LogP contribution in [0.5, 0.6) is 0 Å². The number of nitrogens with zero attached hydrogens (tertiary/aromatic N) is 3. The summed E-state index contributed by atoms with van der Waals surface area (Å²) in [4.78, 5) is 10.4. The summed E-state index contributed by atoms with van der Waals surface area (Å²) in [5, 5.41) is -0.362. The second kappa shape index (κ2) is 4.02. The van der Waals surface area contributed by atoms with Gasteiger partial charge in [0.25, 0.3) is 0 Å². The number of pyridine rings is 2. The molecule has 0 aliphatic rings. The SMILES string of the molecule is [C-]#[N+]c1c(Cl)nc(Cl)c2cnc(Cl)c(F)c12. The first-order valence-corrected chi connectivity index (χ1v) is 5.05. The lowest BCUT2D eigenvalue weighted by molar-refractivity contribution is 0.635. The molecule has 0 fully saturated rings. The Morgan fingerprint density at radius 1 is 1.19 bits per heavy atom. The average molecular weight is 276 g/mol. The van der Waals surface area contributed by atoms with Crippen LogP contribution in [0.4, 0.5) is 10.1 Å². The van der Waals surface area contributed by atoms with Crippen molar-refractivity contribution in [1.82, 2.24) is 9.97 Å². The maximum absolute atomic E-state index is 13.7. The molecule has 2 aromatic heterocycles. The van der Waals surface area contributed by atoms with Crippen LogP contribution in [0, 0.1) is 12.4 Å². The Labute approximate surface area is 105 Å². The first kappa shape index (κ1) is 11.3. The van der Waals surface area contributed by atoms with Crippen molar-refractivity contribution in [3.63, 3.8) is 0 Å². The molecule has 2 rings (SSSR count).